The molecule has 12 nitrogen and oxygen atoms in total. The number of imidazole rings is 1. The first-order chi connectivity index (χ1) is 17.9. The number of anilines is 1. The van der Waals surface area contributed by atoms with Crippen LogP contribution in [-0.4, -0.2) is 98.2 Å². The number of fused-ring (bicyclic) bond motifs is 2. The Morgan fingerprint density at radius 3 is 2.78 bits per heavy atom. The minimum atomic E-state index is -2.96. The van der Waals surface area contributed by atoms with Crippen molar-refractivity contribution in [2.75, 3.05) is 45.8 Å². The van der Waals surface area contributed by atoms with Gasteiger partial charge in [-0.15, -0.1) is 5.10 Å². The van der Waals surface area contributed by atoms with E-state index in [-0.39, 0.29) is 36.7 Å². The average Bonchev–Trinajstić information content (AvgIpc) is 3.47. The predicted octanol–water partition coefficient (Wildman–Crippen LogP) is 1.33. The largest absolute Gasteiger partial charge is 0.479 e. The van der Waals surface area contributed by atoms with E-state index in [4.69, 9.17) is 9.47 Å². The number of amides is 1. The fraction of sp³-hybridized carbons (Fsp3) is 0.435. The van der Waals surface area contributed by atoms with Crippen LogP contribution in [0.4, 0.5) is 14.7 Å². The lowest BCUT2D eigenvalue weighted by atomic mass is 9.98. The third kappa shape index (κ3) is 4.01. The number of nitrogens with one attached hydrogen (secondary N) is 2. The SMILES string of the molecule is CNC(=O)c1cnc2ncc(-c3ccn4nc(N[C@@H]5CCN(C6COC6)CC5(F)F)nc(OC)c34)cn12. The maximum absolute atomic E-state index is 15.0. The third-order valence-electron chi connectivity index (χ3n) is 6.88. The van der Waals surface area contributed by atoms with E-state index < -0.39 is 12.0 Å². The van der Waals surface area contributed by atoms with Crippen LogP contribution in [0.1, 0.15) is 16.9 Å². The Morgan fingerprint density at radius 2 is 2.08 bits per heavy atom. The second-order valence-electron chi connectivity index (χ2n) is 9.11. The lowest BCUT2D eigenvalue weighted by molar-refractivity contribution is -0.131. The van der Waals surface area contributed by atoms with Gasteiger partial charge in [0.2, 0.25) is 17.6 Å². The van der Waals surface area contributed by atoms with E-state index in [0.29, 0.717) is 47.9 Å². The van der Waals surface area contributed by atoms with E-state index in [1.54, 1.807) is 34.0 Å². The summed E-state index contributed by atoms with van der Waals surface area (Å²) in [5.41, 5.74) is 2.22. The molecule has 0 aliphatic carbocycles. The third-order valence-corrected chi connectivity index (χ3v) is 6.88. The number of methoxy groups -OCH3 is 1. The zero-order chi connectivity index (χ0) is 25.7. The minimum Gasteiger partial charge on any atom is -0.479 e. The molecule has 14 heteroatoms. The molecule has 0 saturated carbocycles. The Bertz CT molecular complexity index is 1480. The smallest absolute Gasteiger partial charge is 0.280 e. The molecule has 194 valence electrons. The molecule has 0 radical (unpaired) electrons. The maximum Gasteiger partial charge on any atom is 0.280 e. The van der Waals surface area contributed by atoms with Crippen LogP contribution in [0, 0.1) is 0 Å². The summed E-state index contributed by atoms with van der Waals surface area (Å²) in [6.45, 7) is 1.19. The molecule has 4 aromatic rings. The van der Waals surface area contributed by atoms with E-state index in [1.165, 1.54) is 24.9 Å². The van der Waals surface area contributed by atoms with Gasteiger partial charge in [-0.05, 0) is 12.5 Å². The van der Waals surface area contributed by atoms with Crippen LogP contribution in [0.15, 0.2) is 30.9 Å². The van der Waals surface area contributed by atoms with E-state index >= 15 is 0 Å². The van der Waals surface area contributed by atoms with Crippen molar-refractivity contribution in [2.45, 2.75) is 24.4 Å². The Kier molecular flexibility index (Phi) is 5.64. The zero-order valence-corrected chi connectivity index (χ0v) is 20.2. The van der Waals surface area contributed by atoms with Crippen molar-refractivity contribution in [1.29, 1.82) is 0 Å². The number of rotatable bonds is 6. The molecule has 6 rings (SSSR count). The number of piperidine rings is 1. The molecule has 6 heterocycles. The van der Waals surface area contributed by atoms with Crippen LogP contribution >= 0.6 is 0 Å². The van der Waals surface area contributed by atoms with Crippen LogP contribution in [-0.2, 0) is 4.74 Å². The second-order valence-corrected chi connectivity index (χ2v) is 9.11. The van der Waals surface area contributed by atoms with Gasteiger partial charge in [0.05, 0.1) is 45.1 Å². The molecule has 2 N–H and O–H groups in total. The van der Waals surface area contributed by atoms with Gasteiger partial charge in [0.1, 0.15) is 11.2 Å². The van der Waals surface area contributed by atoms with Crippen molar-refractivity contribution in [3.8, 4) is 17.0 Å². The maximum atomic E-state index is 15.0. The van der Waals surface area contributed by atoms with Crippen molar-refractivity contribution in [3.05, 3.63) is 36.5 Å². The van der Waals surface area contributed by atoms with Gasteiger partial charge in [-0.1, -0.05) is 0 Å². The Labute approximate surface area is 209 Å². The summed E-state index contributed by atoms with van der Waals surface area (Å²) in [4.78, 5) is 26.9. The highest BCUT2D eigenvalue weighted by Gasteiger charge is 2.47. The molecule has 0 spiro atoms. The van der Waals surface area contributed by atoms with Gasteiger partial charge < -0.3 is 20.1 Å². The Hall–Kier alpha value is -3.91. The molecule has 0 bridgehead atoms. The molecular formula is C23H25F2N9O3. The van der Waals surface area contributed by atoms with Gasteiger partial charge in [0, 0.05) is 43.3 Å². The normalized spacial score (nSPS) is 20.2. The number of hydrogen-bond donors (Lipinski definition) is 2. The lowest BCUT2D eigenvalue weighted by Crippen LogP contribution is -2.61. The molecule has 4 aromatic heterocycles. The number of ether oxygens (including phenoxy) is 2. The highest BCUT2D eigenvalue weighted by atomic mass is 19.3. The van der Waals surface area contributed by atoms with E-state index in [2.05, 4.69) is 30.7 Å². The van der Waals surface area contributed by atoms with Crippen molar-refractivity contribution < 1.29 is 23.0 Å². The Morgan fingerprint density at radius 1 is 1.27 bits per heavy atom. The summed E-state index contributed by atoms with van der Waals surface area (Å²) in [7, 11) is 2.99. The number of halogens is 2. The number of hydrogen-bond acceptors (Lipinski definition) is 9. The summed E-state index contributed by atoms with van der Waals surface area (Å²) in [6.07, 6.45) is 6.74. The predicted molar refractivity (Wildman–Crippen MR) is 128 cm³/mol. The first-order valence-electron chi connectivity index (χ1n) is 11.8. The molecule has 1 atom stereocenters. The molecule has 2 aliphatic rings. The first kappa shape index (κ1) is 23.5. The number of carbonyl (C=O) groups excluding carboxylic acids is 1. The molecule has 0 aromatic carbocycles. The van der Waals surface area contributed by atoms with Gasteiger partial charge in [-0.3, -0.25) is 14.1 Å². The topological polar surface area (TPSA) is 123 Å². The monoisotopic (exact) mass is 513 g/mol. The van der Waals surface area contributed by atoms with E-state index in [0.717, 1.165) is 0 Å². The van der Waals surface area contributed by atoms with Crippen molar-refractivity contribution in [1.82, 2.24) is 39.2 Å². The summed E-state index contributed by atoms with van der Waals surface area (Å²) < 4.78 is 43.8. The highest BCUT2D eigenvalue weighted by Crippen LogP contribution is 2.34. The van der Waals surface area contributed by atoms with Gasteiger partial charge >= 0.3 is 0 Å². The molecule has 2 fully saturated rings. The van der Waals surface area contributed by atoms with Crippen molar-refractivity contribution in [3.63, 3.8) is 0 Å². The summed E-state index contributed by atoms with van der Waals surface area (Å²) in [5.74, 6) is -2.63. The summed E-state index contributed by atoms with van der Waals surface area (Å²) >= 11 is 0. The summed E-state index contributed by atoms with van der Waals surface area (Å²) in [5, 5.41) is 9.84. The van der Waals surface area contributed by atoms with Crippen LogP contribution in [0.25, 0.3) is 22.4 Å². The Balaban J connectivity index is 1.31. The fourth-order valence-corrected chi connectivity index (χ4v) is 4.78. The second kappa shape index (κ2) is 8.88. The standard InChI is InChI=1S/C23H25F2N9O3/c1-26-19(35)16-8-28-22-27-7-13(9-33(16)22)15-3-6-34-18(15)20(36-2)30-21(31-34)29-17-4-5-32(12-23(17,24)25)14-10-37-11-14/h3,6-9,14,17H,4-5,10-12H2,1-2H3,(H,26,35)(H,29,31)/t17-/m1/s1. The quantitative estimate of drug-likeness (QED) is 0.393. The van der Waals surface area contributed by atoms with Crippen LogP contribution in [0.3, 0.4) is 0 Å². The average molecular weight is 514 g/mol. The van der Waals surface area contributed by atoms with Crippen LogP contribution in [0.2, 0.25) is 0 Å². The molecule has 1 amide bonds. The van der Waals surface area contributed by atoms with Crippen molar-refractivity contribution >= 4 is 23.1 Å². The van der Waals surface area contributed by atoms with Gasteiger partial charge in [0.25, 0.3) is 11.8 Å². The van der Waals surface area contributed by atoms with E-state index in [1.807, 2.05) is 0 Å². The molecule has 37 heavy (non-hydrogen) atoms. The summed E-state index contributed by atoms with van der Waals surface area (Å²) in [6, 6.07) is 0.739. The number of aromatic nitrogens is 6. The van der Waals surface area contributed by atoms with E-state index in [9.17, 15) is 13.6 Å². The molecule has 2 aliphatic heterocycles. The molecular weight excluding hydrogens is 488 g/mol. The number of likely N-dealkylation sites (tertiary alicyclic amines) is 1. The number of nitrogens with zero attached hydrogens (tertiary/aromatic N) is 7. The number of carbonyl (C=O) groups is 1. The molecule has 0 unspecified atom stereocenters. The van der Waals surface area contributed by atoms with Gasteiger partial charge in [0.15, 0.2) is 0 Å². The minimum absolute atomic E-state index is 0.0432. The van der Waals surface area contributed by atoms with Gasteiger partial charge in [-0.2, -0.15) is 4.98 Å². The fourth-order valence-electron chi connectivity index (χ4n) is 4.78. The first-order valence-corrected chi connectivity index (χ1v) is 11.8. The van der Waals surface area contributed by atoms with Crippen molar-refractivity contribution in [2.24, 2.45) is 0 Å². The van der Waals surface area contributed by atoms with Gasteiger partial charge in [-0.25, -0.2) is 23.3 Å². The zero-order valence-electron chi connectivity index (χ0n) is 20.2. The lowest BCUT2D eigenvalue weighted by Gasteiger charge is -2.44. The van der Waals surface area contributed by atoms with Crippen LogP contribution in [0.5, 0.6) is 5.88 Å². The highest BCUT2D eigenvalue weighted by molar-refractivity contribution is 5.93. The van der Waals surface area contributed by atoms with Crippen LogP contribution < -0.4 is 15.4 Å². The number of alkyl halides is 2. The molecule has 2 saturated heterocycles.